The van der Waals surface area contributed by atoms with Crippen LogP contribution in [-0.2, 0) is 11.3 Å². The number of aromatic nitrogens is 1. The van der Waals surface area contributed by atoms with E-state index in [1.807, 2.05) is 11.7 Å². The molecule has 0 bridgehead atoms. The third-order valence-electron chi connectivity index (χ3n) is 2.46. The molecule has 4 nitrogen and oxygen atoms in total. The van der Waals surface area contributed by atoms with Crippen LogP contribution < -0.4 is 5.73 Å². The first-order valence-electron chi connectivity index (χ1n) is 4.79. The Labute approximate surface area is 87.7 Å². The van der Waals surface area contributed by atoms with Gasteiger partial charge in [-0.25, -0.2) is 0 Å². The Kier molecular flexibility index (Phi) is 3.47. The Morgan fingerprint density at radius 2 is 2.64 bits per heavy atom. The average molecular weight is 213 g/mol. The maximum atomic E-state index is 5.69. The monoisotopic (exact) mass is 213 g/mol. The molecule has 0 amide bonds. The Hall–Kier alpha value is -0.490. The molecule has 0 saturated carbocycles. The third-order valence-corrected chi connectivity index (χ3v) is 3.23. The molecule has 2 heterocycles. The molecular formula is C9H15N3OS. The predicted octanol–water partition coefficient (Wildman–Crippen LogP) is 0.303. The summed E-state index contributed by atoms with van der Waals surface area (Å²) in [5.74, 6) is 0. The van der Waals surface area contributed by atoms with Crippen LogP contribution in [0.2, 0.25) is 0 Å². The Bertz CT molecular complexity index is 265. The number of morpholine rings is 1. The summed E-state index contributed by atoms with van der Waals surface area (Å²) in [6, 6.07) is 0.367. The van der Waals surface area contributed by atoms with Gasteiger partial charge in [-0.15, -0.1) is 11.3 Å². The SMILES string of the molecule is NCC1COCCN1Cc1cncs1. The van der Waals surface area contributed by atoms with Gasteiger partial charge in [0.1, 0.15) is 0 Å². The van der Waals surface area contributed by atoms with E-state index in [9.17, 15) is 0 Å². The van der Waals surface area contributed by atoms with Crippen molar-refractivity contribution in [3.05, 3.63) is 16.6 Å². The lowest BCUT2D eigenvalue weighted by molar-refractivity contribution is -0.00749. The summed E-state index contributed by atoms with van der Waals surface area (Å²) in [6.07, 6.45) is 1.92. The molecule has 1 aliphatic heterocycles. The van der Waals surface area contributed by atoms with Gasteiger partial charge in [0, 0.05) is 36.8 Å². The van der Waals surface area contributed by atoms with Gasteiger partial charge in [-0.1, -0.05) is 0 Å². The van der Waals surface area contributed by atoms with Crippen LogP contribution in [0.5, 0.6) is 0 Å². The van der Waals surface area contributed by atoms with E-state index in [1.165, 1.54) is 4.88 Å². The van der Waals surface area contributed by atoms with Gasteiger partial charge in [0.15, 0.2) is 0 Å². The molecule has 5 heteroatoms. The molecule has 1 fully saturated rings. The smallest absolute Gasteiger partial charge is 0.0794 e. The van der Waals surface area contributed by atoms with Crippen LogP contribution in [-0.4, -0.2) is 42.2 Å². The number of hydrogen-bond donors (Lipinski definition) is 1. The molecule has 0 spiro atoms. The normalized spacial score (nSPS) is 23.9. The molecule has 1 aromatic heterocycles. The van der Waals surface area contributed by atoms with Crippen molar-refractivity contribution in [1.29, 1.82) is 0 Å². The van der Waals surface area contributed by atoms with Gasteiger partial charge in [0.05, 0.1) is 18.7 Å². The second kappa shape index (κ2) is 4.84. The summed E-state index contributed by atoms with van der Waals surface area (Å²) >= 11 is 1.69. The van der Waals surface area contributed by atoms with Crippen molar-refractivity contribution in [2.45, 2.75) is 12.6 Å². The van der Waals surface area contributed by atoms with E-state index in [1.54, 1.807) is 11.3 Å². The van der Waals surface area contributed by atoms with Crippen LogP contribution in [0.4, 0.5) is 0 Å². The van der Waals surface area contributed by atoms with Crippen LogP contribution in [0.15, 0.2) is 11.7 Å². The zero-order chi connectivity index (χ0) is 9.80. The molecule has 14 heavy (non-hydrogen) atoms. The minimum absolute atomic E-state index is 0.367. The van der Waals surface area contributed by atoms with Crippen LogP contribution >= 0.6 is 11.3 Å². The highest BCUT2D eigenvalue weighted by Gasteiger charge is 2.21. The summed E-state index contributed by atoms with van der Waals surface area (Å²) in [4.78, 5) is 7.74. The number of nitrogens with two attached hydrogens (primary N) is 1. The maximum Gasteiger partial charge on any atom is 0.0794 e. The molecule has 1 atom stereocenters. The van der Waals surface area contributed by atoms with Crippen LogP contribution in [0.1, 0.15) is 4.88 Å². The Balaban J connectivity index is 1.94. The fourth-order valence-corrected chi connectivity index (χ4v) is 2.25. The number of rotatable bonds is 3. The van der Waals surface area contributed by atoms with E-state index in [4.69, 9.17) is 10.5 Å². The van der Waals surface area contributed by atoms with Gasteiger partial charge in [-0.05, 0) is 0 Å². The van der Waals surface area contributed by atoms with E-state index in [0.717, 1.165) is 26.3 Å². The fourth-order valence-electron chi connectivity index (χ4n) is 1.63. The number of hydrogen-bond acceptors (Lipinski definition) is 5. The topological polar surface area (TPSA) is 51.4 Å². The highest BCUT2D eigenvalue weighted by Crippen LogP contribution is 2.14. The molecule has 0 radical (unpaired) electrons. The lowest BCUT2D eigenvalue weighted by atomic mass is 10.2. The highest BCUT2D eigenvalue weighted by molar-refractivity contribution is 7.09. The van der Waals surface area contributed by atoms with E-state index in [-0.39, 0.29) is 0 Å². The number of thiazole rings is 1. The zero-order valence-electron chi connectivity index (χ0n) is 8.06. The molecule has 2 N–H and O–H groups in total. The van der Waals surface area contributed by atoms with Gasteiger partial charge in [-0.3, -0.25) is 9.88 Å². The van der Waals surface area contributed by atoms with E-state index >= 15 is 0 Å². The molecular weight excluding hydrogens is 198 g/mol. The quantitative estimate of drug-likeness (QED) is 0.785. The van der Waals surface area contributed by atoms with Crippen molar-refractivity contribution in [2.75, 3.05) is 26.3 Å². The maximum absolute atomic E-state index is 5.69. The van der Waals surface area contributed by atoms with E-state index in [0.29, 0.717) is 12.6 Å². The highest BCUT2D eigenvalue weighted by atomic mass is 32.1. The minimum atomic E-state index is 0.367. The van der Waals surface area contributed by atoms with Gasteiger partial charge < -0.3 is 10.5 Å². The van der Waals surface area contributed by atoms with Crippen molar-refractivity contribution in [1.82, 2.24) is 9.88 Å². The summed E-state index contributed by atoms with van der Waals surface area (Å²) in [5.41, 5.74) is 7.56. The summed E-state index contributed by atoms with van der Waals surface area (Å²) < 4.78 is 5.39. The van der Waals surface area contributed by atoms with Crippen molar-refractivity contribution >= 4 is 11.3 Å². The van der Waals surface area contributed by atoms with E-state index in [2.05, 4.69) is 9.88 Å². The third kappa shape index (κ3) is 2.30. The molecule has 0 aliphatic carbocycles. The summed E-state index contributed by atoms with van der Waals surface area (Å²) in [7, 11) is 0. The first-order chi connectivity index (χ1) is 6.90. The average Bonchev–Trinajstić information content (AvgIpc) is 2.71. The van der Waals surface area contributed by atoms with Crippen LogP contribution in [0.3, 0.4) is 0 Å². The standard InChI is InChI=1S/C9H15N3OS/c10-3-8-6-13-2-1-12(8)5-9-4-11-7-14-9/h4,7-8H,1-3,5-6,10H2. The first-order valence-corrected chi connectivity index (χ1v) is 5.67. The van der Waals surface area contributed by atoms with Crippen LogP contribution in [0, 0.1) is 0 Å². The van der Waals surface area contributed by atoms with Gasteiger partial charge in [0.25, 0.3) is 0 Å². The Morgan fingerprint density at radius 3 is 3.36 bits per heavy atom. The van der Waals surface area contributed by atoms with Crippen molar-refractivity contribution < 1.29 is 4.74 Å². The van der Waals surface area contributed by atoms with Gasteiger partial charge in [0.2, 0.25) is 0 Å². The molecule has 78 valence electrons. The van der Waals surface area contributed by atoms with Gasteiger partial charge in [-0.2, -0.15) is 0 Å². The van der Waals surface area contributed by atoms with Crippen molar-refractivity contribution in [3.8, 4) is 0 Å². The second-order valence-corrected chi connectivity index (χ2v) is 4.37. The first kappa shape index (κ1) is 10.0. The lowest BCUT2D eigenvalue weighted by Crippen LogP contribution is -2.48. The largest absolute Gasteiger partial charge is 0.378 e. The molecule has 0 aromatic carbocycles. The molecule has 2 rings (SSSR count). The zero-order valence-corrected chi connectivity index (χ0v) is 8.87. The second-order valence-electron chi connectivity index (χ2n) is 3.40. The number of nitrogens with zero attached hydrogens (tertiary/aromatic N) is 2. The molecule has 1 aliphatic rings. The molecule has 1 unspecified atom stereocenters. The minimum Gasteiger partial charge on any atom is -0.378 e. The summed E-state index contributed by atoms with van der Waals surface area (Å²) in [5, 5.41) is 0. The van der Waals surface area contributed by atoms with Crippen molar-refractivity contribution in [3.63, 3.8) is 0 Å². The fraction of sp³-hybridized carbons (Fsp3) is 0.667. The van der Waals surface area contributed by atoms with Gasteiger partial charge >= 0.3 is 0 Å². The summed E-state index contributed by atoms with van der Waals surface area (Å²) in [6.45, 7) is 4.17. The Morgan fingerprint density at radius 1 is 1.71 bits per heavy atom. The van der Waals surface area contributed by atoms with Crippen molar-refractivity contribution in [2.24, 2.45) is 5.73 Å². The van der Waals surface area contributed by atoms with E-state index < -0.39 is 0 Å². The molecule has 1 saturated heterocycles. The van der Waals surface area contributed by atoms with Crippen LogP contribution in [0.25, 0.3) is 0 Å². The molecule has 1 aromatic rings. The predicted molar refractivity (Wildman–Crippen MR) is 56.2 cm³/mol. The lowest BCUT2D eigenvalue weighted by Gasteiger charge is -2.34. The number of ether oxygens (including phenoxy) is 1.